The number of anilines is 1. The van der Waals surface area contributed by atoms with E-state index in [0.717, 1.165) is 5.92 Å². The lowest BCUT2D eigenvalue weighted by Crippen LogP contribution is -2.23. The van der Waals surface area contributed by atoms with E-state index in [4.69, 9.17) is 0 Å². The van der Waals surface area contributed by atoms with Gasteiger partial charge < -0.3 is 5.32 Å². The first-order valence-corrected chi connectivity index (χ1v) is 6.13. The number of hydrogen-bond donors (Lipinski definition) is 1. The molecule has 2 atom stereocenters. The lowest BCUT2D eigenvalue weighted by molar-refractivity contribution is 0.489. The third-order valence-electron chi connectivity index (χ3n) is 3.55. The number of hydrogen-bond acceptors (Lipinski definition) is 1. The second-order valence-electron chi connectivity index (χ2n) is 4.72. The summed E-state index contributed by atoms with van der Waals surface area (Å²) in [6.07, 6.45) is 5.44. The molecule has 1 aromatic rings. The molecular weight excluding hydrogens is 182 g/mol. The highest BCUT2D eigenvalue weighted by Crippen LogP contribution is 2.30. The summed E-state index contributed by atoms with van der Waals surface area (Å²) >= 11 is 0. The van der Waals surface area contributed by atoms with Crippen molar-refractivity contribution in [3.05, 3.63) is 29.8 Å². The zero-order valence-corrected chi connectivity index (χ0v) is 9.79. The normalized spacial score (nSPS) is 25.5. The molecule has 82 valence electrons. The molecule has 2 unspecified atom stereocenters. The van der Waals surface area contributed by atoms with Crippen LogP contribution in [0.4, 0.5) is 5.69 Å². The third kappa shape index (κ3) is 2.53. The van der Waals surface area contributed by atoms with Gasteiger partial charge in [-0.05, 0) is 43.4 Å². The Labute approximate surface area is 92.9 Å². The van der Waals surface area contributed by atoms with Gasteiger partial charge in [0, 0.05) is 11.7 Å². The molecule has 15 heavy (non-hydrogen) atoms. The molecule has 0 aliphatic heterocycles. The molecule has 0 spiro atoms. The van der Waals surface area contributed by atoms with E-state index in [1.807, 2.05) is 0 Å². The fourth-order valence-corrected chi connectivity index (χ4v) is 2.66. The summed E-state index contributed by atoms with van der Waals surface area (Å²) in [6, 6.07) is 9.41. The summed E-state index contributed by atoms with van der Waals surface area (Å²) in [7, 11) is 0. The van der Waals surface area contributed by atoms with Crippen molar-refractivity contribution in [3.8, 4) is 0 Å². The first-order valence-electron chi connectivity index (χ1n) is 6.13. The summed E-state index contributed by atoms with van der Waals surface area (Å²) < 4.78 is 0. The van der Waals surface area contributed by atoms with E-state index in [9.17, 15) is 0 Å². The van der Waals surface area contributed by atoms with Crippen molar-refractivity contribution in [2.24, 2.45) is 5.92 Å². The second kappa shape index (κ2) is 4.69. The summed E-state index contributed by atoms with van der Waals surface area (Å²) in [5, 5.41) is 3.68. The average molecular weight is 203 g/mol. The van der Waals surface area contributed by atoms with E-state index < -0.39 is 0 Å². The number of aryl methyl sites for hydroxylation is 1. The molecule has 1 aromatic carbocycles. The van der Waals surface area contributed by atoms with E-state index in [2.05, 4.69) is 43.4 Å². The Bertz CT molecular complexity index is 319. The molecule has 1 N–H and O–H groups in total. The lowest BCUT2D eigenvalue weighted by Gasteiger charge is -2.21. The Morgan fingerprint density at radius 3 is 2.93 bits per heavy atom. The molecule has 1 aliphatic rings. The maximum Gasteiger partial charge on any atom is 0.0345 e. The first-order chi connectivity index (χ1) is 7.29. The monoisotopic (exact) mass is 203 g/mol. The van der Waals surface area contributed by atoms with E-state index >= 15 is 0 Å². The maximum absolute atomic E-state index is 3.68. The fraction of sp³-hybridized carbons (Fsp3) is 0.571. The third-order valence-corrected chi connectivity index (χ3v) is 3.55. The van der Waals surface area contributed by atoms with Crippen molar-refractivity contribution in [1.29, 1.82) is 0 Å². The van der Waals surface area contributed by atoms with Crippen LogP contribution in [0.15, 0.2) is 24.3 Å². The van der Waals surface area contributed by atoms with E-state index in [1.54, 1.807) is 0 Å². The van der Waals surface area contributed by atoms with Crippen LogP contribution >= 0.6 is 0 Å². The van der Waals surface area contributed by atoms with E-state index in [1.165, 1.54) is 36.9 Å². The van der Waals surface area contributed by atoms with Crippen molar-refractivity contribution < 1.29 is 0 Å². The molecule has 1 fully saturated rings. The molecule has 0 radical (unpaired) electrons. The predicted octanol–water partition coefficient (Wildman–Crippen LogP) is 3.99. The molecule has 1 heteroatoms. The van der Waals surface area contributed by atoms with Crippen molar-refractivity contribution in [3.63, 3.8) is 0 Å². The van der Waals surface area contributed by atoms with Crippen molar-refractivity contribution >= 4 is 5.69 Å². The minimum Gasteiger partial charge on any atom is -0.382 e. The topological polar surface area (TPSA) is 12.0 Å². The molecule has 1 aliphatic carbocycles. The highest BCUT2D eigenvalue weighted by atomic mass is 14.9. The quantitative estimate of drug-likeness (QED) is 0.783. The number of nitrogens with one attached hydrogen (secondary N) is 1. The highest BCUT2D eigenvalue weighted by Gasteiger charge is 2.25. The van der Waals surface area contributed by atoms with Gasteiger partial charge in [0.1, 0.15) is 0 Å². The lowest BCUT2D eigenvalue weighted by atomic mass is 10.0. The molecule has 0 aromatic heterocycles. The van der Waals surface area contributed by atoms with Gasteiger partial charge in [-0.1, -0.05) is 31.9 Å². The van der Waals surface area contributed by atoms with Gasteiger partial charge in [0.2, 0.25) is 0 Å². The van der Waals surface area contributed by atoms with Gasteiger partial charge in [-0.3, -0.25) is 0 Å². The zero-order chi connectivity index (χ0) is 10.7. The summed E-state index contributed by atoms with van der Waals surface area (Å²) in [5.41, 5.74) is 2.63. The van der Waals surface area contributed by atoms with Crippen molar-refractivity contribution in [1.82, 2.24) is 0 Å². The van der Waals surface area contributed by atoms with Gasteiger partial charge in [0.05, 0.1) is 0 Å². The molecule has 0 bridgehead atoms. The van der Waals surface area contributed by atoms with Crippen LogP contribution in [0.3, 0.4) is 0 Å². The van der Waals surface area contributed by atoms with Crippen LogP contribution in [0.1, 0.15) is 38.2 Å². The van der Waals surface area contributed by atoms with Crippen molar-refractivity contribution in [2.45, 2.75) is 45.6 Å². The van der Waals surface area contributed by atoms with Crippen LogP contribution in [0.5, 0.6) is 0 Å². The van der Waals surface area contributed by atoms with Gasteiger partial charge in [0.25, 0.3) is 0 Å². The van der Waals surface area contributed by atoms with Crippen LogP contribution in [0, 0.1) is 12.8 Å². The largest absolute Gasteiger partial charge is 0.382 e. The summed E-state index contributed by atoms with van der Waals surface area (Å²) in [4.78, 5) is 0. The van der Waals surface area contributed by atoms with Crippen LogP contribution in [0.2, 0.25) is 0 Å². The van der Waals surface area contributed by atoms with Crippen LogP contribution in [0.25, 0.3) is 0 Å². The molecular formula is C14H21N. The SMILES string of the molecule is CCC1CCCC1Nc1cccc(C)c1. The molecule has 0 amide bonds. The van der Waals surface area contributed by atoms with Gasteiger partial charge >= 0.3 is 0 Å². The smallest absolute Gasteiger partial charge is 0.0345 e. The minimum absolute atomic E-state index is 0.705. The van der Waals surface area contributed by atoms with E-state index in [-0.39, 0.29) is 0 Å². The van der Waals surface area contributed by atoms with Crippen LogP contribution < -0.4 is 5.32 Å². The molecule has 1 nitrogen and oxygen atoms in total. The molecule has 2 rings (SSSR count). The van der Waals surface area contributed by atoms with Crippen LogP contribution in [-0.2, 0) is 0 Å². The van der Waals surface area contributed by atoms with E-state index in [0.29, 0.717) is 6.04 Å². The predicted molar refractivity (Wildman–Crippen MR) is 66.2 cm³/mol. The van der Waals surface area contributed by atoms with Crippen molar-refractivity contribution in [2.75, 3.05) is 5.32 Å². The fourth-order valence-electron chi connectivity index (χ4n) is 2.66. The Morgan fingerprint density at radius 1 is 1.33 bits per heavy atom. The molecule has 0 heterocycles. The van der Waals surface area contributed by atoms with Gasteiger partial charge in [-0.2, -0.15) is 0 Å². The Hall–Kier alpha value is -0.980. The Kier molecular flexibility index (Phi) is 3.30. The zero-order valence-electron chi connectivity index (χ0n) is 9.79. The molecule has 0 saturated heterocycles. The van der Waals surface area contributed by atoms with Crippen LogP contribution in [-0.4, -0.2) is 6.04 Å². The van der Waals surface area contributed by atoms with Gasteiger partial charge in [-0.15, -0.1) is 0 Å². The summed E-state index contributed by atoms with van der Waals surface area (Å²) in [5.74, 6) is 0.880. The molecule has 1 saturated carbocycles. The van der Waals surface area contributed by atoms with Gasteiger partial charge in [-0.25, -0.2) is 0 Å². The standard InChI is InChI=1S/C14H21N/c1-3-12-7-5-9-14(12)15-13-8-4-6-11(2)10-13/h4,6,8,10,12,14-15H,3,5,7,9H2,1-2H3. The van der Waals surface area contributed by atoms with Gasteiger partial charge in [0.15, 0.2) is 0 Å². The average Bonchev–Trinajstić information content (AvgIpc) is 2.65. The maximum atomic E-state index is 3.68. The number of rotatable bonds is 3. The highest BCUT2D eigenvalue weighted by molar-refractivity contribution is 5.46. The summed E-state index contributed by atoms with van der Waals surface area (Å²) in [6.45, 7) is 4.46. The Balaban J connectivity index is 2.02. The second-order valence-corrected chi connectivity index (χ2v) is 4.72. The first kappa shape index (κ1) is 10.5. The minimum atomic E-state index is 0.705. The Morgan fingerprint density at radius 2 is 2.20 bits per heavy atom. The number of benzene rings is 1.